The Bertz CT molecular complexity index is 2520. The molecule has 1 aromatic rings. The minimum atomic E-state index is -4.56. The second-order valence-corrected chi connectivity index (χ2v) is 34.1. The number of carbonyl (C=O) groups excluding carboxylic acids is 2. The molecule has 3 saturated carbocycles. The molecule has 4 saturated heterocycles. The van der Waals surface area contributed by atoms with Crippen molar-refractivity contribution in [2.75, 3.05) is 161 Å². The molecule has 3 N–H and O–H groups in total. The van der Waals surface area contributed by atoms with Crippen molar-refractivity contribution in [1.29, 1.82) is 0 Å². The van der Waals surface area contributed by atoms with Crippen LogP contribution in [-0.2, 0) is 22.2 Å². The topological polar surface area (TPSA) is 103 Å². The van der Waals surface area contributed by atoms with Crippen molar-refractivity contribution in [2.45, 2.75) is 267 Å². The molecule has 0 aromatic heterocycles. The zero-order valence-corrected chi connectivity index (χ0v) is 64.7. The van der Waals surface area contributed by atoms with Crippen molar-refractivity contribution in [2.24, 2.45) is 23.7 Å². The average molecular weight is 1420 g/mol. The summed E-state index contributed by atoms with van der Waals surface area (Å²) in [6, 6.07) is 5.63. The zero-order chi connectivity index (χ0) is 71.6. The first-order valence-corrected chi connectivity index (χ1v) is 40.1. The van der Waals surface area contributed by atoms with Crippen molar-refractivity contribution in [3.05, 3.63) is 34.3 Å². The van der Waals surface area contributed by atoms with Crippen LogP contribution in [0.5, 0.6) is 0 Å². The van der Waals surface area contributed by atoms with E-state index in [9.17, 15) is 26.7 Å². The first kappa shape index (κ1) is 82.3. The highest BCUT2D eigenvalue weighted by molar-refractivity contribution is 6.31. The highest BCUT2D eigenvalue weighted by Crippen LogP contribution is 2.38. The summed E-state index contributed by atoms with van der Waals surface area (Å²) in [7, 11) is 15.9. The molecule has 0 radical (unpaired) electrons. The van der Waals surface area contributed by atoms with Crippen LogP contribution in [0.2, 0.25) is 5.02 Å². The smallest absolute Gasteiger partial charge is 0.342 e. The van der Waals surface area contributed by atoms with Gasteiger partial charge in [0.15, 0.2) is 0 Å². The molecule has 10 atom stereocenters. The number of fused-ring (bicyclic) bond motifs is 1. The van der Waals surface area contributed by atoms with E-state index in [-0.39, 0.29) is 78.9 Å². The van der Waals surface area contributed by atoms with Crippen molar-refractivity contribution in [1.82, 2.24) is 64.9 Å². The molecule has 2 amide bonds. The largest absolute Gasteiger partial charge is 0.417 e. The number of hydrogen-bond acceptors (Lipinski definition) is 13. The van der Waals surface area contributed by atoms with Gasteiger partial charge in [-0.2, -0.15) is 13.2 Å². The van der Waals surface area contributed by atoms with Gasteiger partial charge in [0.25, 0.3) is 5.92 Å². The number of likely N-dealkylation sites (tertiary alicyclic amines) is 2. The quantitative estimate of drug-likeness (QED) is 0.164. The fourth-order valence-corrected chi connectivity index (χ4v) is 18.6. The number of hydrogen-bond donors (Lipinski definition) is 3. The zero-order valence-electron chi connectivity index (χ0n) is 64.0. The summed E-state index contributed by atoms with van der Waals surface area (Å²) in [5, 5.41) is 12.0. The average Bonchev–Trinajstić information content (AvgIpc) is 1.84. The normalized spacial score (nSPS) is 31.2. The van der Waals surface area contributed by atoms with Gasteiger partial charge in [0, 0.05) is 184 Å². The summed E-state index contributed by atoms with van der Waals surface area (Å²) in [4.78, 5) is 54.0. The number of aryl methyl sites for hydroxylation is 1. The number of piperidine rings is 1. The Morgan fingerprint density at radius 2 is 1.32 bits per heavy atom. The van der Waals surface area contributed by atoms with E-state index in [0.29, 0.717) is 80.4 Å². The minimum Gasteiger partial charge on any atom is -0.342 e. The number of likely N-dealkylation sites (N-methyl/N-ethyl adjacent to an activating group) is 7. The Labute approximate surface area is 602 Å². The van der Waals surface area contributed by atoms with Crippen LogP contribution in [0.4, 0.5) is 22.0 Å². The van der Waals surface area contributed by atoms with Gasteiger partial charge in [-0.1, -0.05) is 110 Å². The van der Waals surface area contributed by atoms with Gasteiger partial charge < -0.3 is 55.1 Å². The molecule has 0 unspecified atom stereocenters. The van der Waals surface area contributed by atoms with Gasteiger partial charge in [-0.15, -0.1) is 0 Å². The number of halogens is 6. The summed E-state index contributed by atoms with van der Waals surface area (Å²) >= 11 is 6.36. The van der Waals surface area contributed by atoms with Crippen LogP contribution in [-0.4, -0.2) is 287 Å². The number of rotatable bonds is 13. The van der Waals surface area contributed by atoms with Crippen LogP contribution in [0, 0.1) is 23.7 Å². The molecular weight excluding hydrogens is 1280 g/mol. The molecule has 7 fully saturated rings. The predicted octanol–water partition coefficient (Wildman–Crippen LogP) is 11.9. The number of benzene rings is 1. The lowest BCUT2D eigenvalue weighted by Gasteiger charge is -2.47. The monoisotopic (exact) mass is 1420 g/mol. The van der Waals surface area contributed by atoms with Crippen molar-refractivity contribution >= 4 is 23.4 Å². The Hall–Kier alpha value is -2.34. The molecule has 4 aliphatic heterocycles. The van der Waals surface area contributed by atoms with E-state index in [1.807, 2.05) is 0 Å². The number of nitrogens with one attached hydrogen (secondary N) is 3. The van der Waals surface area contributed by atoms with Crippen LogP contribution in [0.15, 0.2) is 18.2 Å². The number of carbonyl (C=O) groups is 2. The first-order valence-electron chi connectivity index (χ1n) is 39.8. The third-order valence-corrected chi connectivity index (χ3v) is 25.8. The third-order valence-electron chi connectivity index (χ3n) is 25.5. The molecule has 1 spiro atoms. The molecule has 21 heteroatoms. The number of amides is 2. The second kappa shape index (κ2) is 39.3. The van der Waals surface area contributed by atoms with Gasteiger partial charge >= 0.3 is 6.18 Å². The Kier molecular flexibility index (Phi) is 32.7. The van der Waals surface area contributed by atoms with Crippen molar-refractivity contribution in [3.8, 4) is 0 Å². The van der Waals surface area contributed by atoms with Crippen LogP contribution < -0.4 is 16.0 Å². The van der Waals surface area contributed by atoms with E-state index in [1.54, 1.807) is 11.0 Å². The minimum absolute atomic E-state index is 0.0262. The highest BCUT2D eigenvalue weighted by Gasteiger charge is 2.43. The lowest BCUT2D eigenvalue weighted by Crippen LogP contribution is -2.59. The first-order chi connectivity index (χ1) is 47.1. The van der Waals surface area contributed by atoms with Gasteiger partial charge in [-0.3, -0.25) is 19.4 Å². The van der Waals surface area contributed by atoms with Gasteiger partial charge in [-0.25, -0.2) is 8.78 Å². The summed E-state index contributed by atoms with van der Waals surface area (Å²) < 4.78 is 71.3. The summed E-state index contributed by atoms with van der Waals surface area (Å²) in [5.74, 6) is -0.395. The van der Waals surface area contributed by atoms with E-state index in [0.717, 1.165) is 154 Å². The Morgan fingerprint density at radius 3 is 1.96 bits per heavy atom. The molecule has 570 valence electrons. The van der Waals surface area contributed by atoms with Crippen LogP contribution in [0.1, 0.15) is 200 Å². The molecule has 1 aromatic carbocycles. The molecule has 0 bridgehead atoms. The van der Waals surface area contributed by atoms with E-state index in [1.165, 1.54) is 76.7 Å². The highest BCUT2D eigenvalue weighted by atomic mass is 35.5. The maximum atomic E-state index is 15.1. The van der Waals surface area contributed by atoms with Gasteiger partial charge in [-0.05, 0) is 175 Å². The Morgan fingerprint density at radius 1 is 0.646 bits per heavy atom. The second-order valence-electron chi connectivity index (χ2n) is 33.7. The van der Waals surface area contributed by atoms with E-state index >= 15 is 4.79 Å². The van der Waals surface area contributed by atoms with Gasteiger partial charge in [0.1, 0.15) is 0 Å². The van der Waals surface area contributed by atoms with E-state index in [2.05, 4.69) is 144 Å². The molecule has 4 heterocycles. The van der Waals surface area contributed by atoms with E-state index in [4.69, 9.17) is 11.6 Å². The molecule has 8 rings (SSSR count). The molecular formula is C78H139ClF5N13O2. The maximum absolute atomic E-state index is 15.1. The van der Waals surface area contributed by atoms with Crippen molar-refractivity contribution in [3.63, 3.8) is 0 Å². The molecule has 7 aliphatic rings. The van der Waals surface area contributed by atoms with Gasteiger partial charge in [0.05, 0.1) is 16.6 Å². The fourth-order valence-electron chi connectivity index (χ4n) is 18.3. The molecule has 3 aliphatic carbocycles. The fraction of sp³-hybridized carbons (Fsp3) is 0.897. The Balaban J connectivity index is 1.10. The van der Waals surface area contributed by atoms with Crippen LogP contribution in [0.3, 0.4) is 0 Å². The summed E-state index contributed by atoms with van der Waals surface area (Å²) in [6.45, 7) is 24.6. The lowest BCUT2D eigenvalue weighted by molar-refractivity contribution is -0.139. The summed E-state index contributed by atoms with van der Waals surface area (Å²) in [5.41, 5.74) is -0.351. The lowest BCUT2D eigenvalue weighted by atomic mass is 9.84. The maximum Gasteiger partial charge on any atom is 0.417 e. The number of alkyl halides is 5. The van der Waals surface area contributed by atoms with Crippen LogP contribution >= 0.6 is 11.6 Å². The predicted molar refractivity (Wildman–Crippen MR) is 397 cm³/mol. The van der Waals surface area contributed by atoms with Crippen LogP contribution in [0.25, 0.3) is 0 Å². The SMILES string of the molecule is CC[C@H](C)[C@H]1CN(C)[C@@H](C)CN2CC[C@H]2CN(C)[C@@H](CC2CCCCC2)CN(C)CCN[C@@H](CCc2ccc(C(F)(F)F)c(Cl)c2)CN(C)[C@@H](CC(=O)N2CCC(F)(F)CC2)CNC2(CCCC2)CN(C)[C@@H](C2CCCC2)CN(C)[C@H](C(=O)N2CCCC2)CCN(C)[C@@H](CC(C)C)CN1. The standard InChI is InChI=1S/C78H139ClF5N13O2/c1-13-59(4)71-55-90(8)60(5)51-97-41-31-65(97)54-92(10)68(46-61-23-15-14-16-24-61)53-88(6)44-37-85-64(29-27-62-28-30-69(70(79)47-62)78(82,83)84)52-91(9)67(48-74(98)95-42-35-77(80,81)36-43-95)50-87-76(33-19-20-34-76)57-94(12)73(63-25-17-18-26-63)56-93(11)72(75(99)96-38-21-22-39-96)32-40-89(7)66(49-86-71)45-58(2)3/h28,30,47,58-61,63-68,71-73,85-87H,13-27,29,31-46,48-57H2,1-12H3/t59-,60-,64-,65-,66-,67-,68-,71+,72-,73+/m0/s1. The van der Waals surface area contributed by atoms with Gasteiger partial charge in [0.2, 0.25) is 11.8 Å². The van der Waals surface area contributed by atoms with Crippen molar-refractivity contribution < 1.29 is 31.5 Å². The molecule has 99 heavy (non-hydrogen) atoms. The third kappa shape index (κ3) is 25.2. The number of nitrogens with zero attached hydrogens (tertiary/aromatic N) is 10. The summed E-state index contributed by atoms with van der Waals surface area (Å²) in [6.07, 6.45) is 18.9. The molecule has 15 nitrogen and oxygen atoms in total. The van der Waals surface area contributed by atoms with E-state index < -0.39 is 17.7 Å².